The quantitative estimate of drug-likeness (QED) is 0.707. The second-order valence-corrected chi connectivity index (χ2v) is 8.56. The molecule has 1 aliphatic rings. The minimum Gasteiger partial charge on any atom is -0.423 e. The molecule has 3 rings (SSSR count). The van der Waals surface area contributed by atoms with E-state index in [-0.39, 0.29) is 11.0 Å². The summed E-state index contributed by atoms with van der Waals surface area (Å²) in [7, 11) is -3.57. The van der Waals surface area contributed by atoms with E-state index in [1.165, 1.54) is 22.5 Å². The topological polar surface area (TPSA) is 80.1 Å². The van der Waals surface area contributed by atoms with Gasteiger partial charge in [0.1, 0.15) is 5.58 Å². The highest BCUT2D eigenvalue weighted by Crippen LogP contribution is 2.22. The zero-order chi connectivity index (χ0) is 18.7. The molecule has 1 aliphatic heterocycles. The van der Waals surface area contributed by atoms with Crippen LogP contribution in [-0.2, 0) is 14.8 Å². The molecule has 0 atom stereocenters. The summed E-state index contributed by atoms with van der Waals surface area (Å²) in [6.45, 7) is 7.73. The van der Waals surface area contributed by atoms with E-state index in [0.29, 0.717) is 43.8 Å². The Labute approximate surface area is 153 Å². The summed E-state index contributed by atoms with van der Waals surface area (Å²) >= 11 is 0. The molecule has 142 valence electrons. The van der Waals surface area contributed by atoms with E-state index in [4.69, 9.17) is 9.15 Å². The zero-order valence-electron chi connectivity index (χ0n) is 15.1. The van der Waals surface area contributed by atoms with E-state index in [2.05, 4.69) is 4.90 Å². The van der Waals surface area contributed by atoms with Gasteiger partial charge in [-0.1, -0.05) is 0 Å². The number of benzene rings is 1. The molecule has 0 radical (unpaired) electrons. The Morgan fingerprint density at radius 1 is 1.12 bits per heavy atom. The predicted molar refractivity (Wildman–Crippen MR) is 98.8 cm³/mol. The average molecular weight is 380 g/mol. The van der Waals surface area contributed by atoms with E-state index in [0.717, 1.165) is 6.54 Å². The molecule has 2 aromatic rings. The third-order valence-corrected chi connectivity index (χ3v) is 6.31. The second-order valence-electron chi connectivity index (χ2n) is 6.62. The summed E-state index contributed by atoms with van der Waals surface area (Å²) < 4.78 is 37.9. The van der Waals surface area contributed by atoms with Gasteiger partial charge in [0.2, 0.25) is 10.0 Å². The molecule has 1 aromatic carbocycles. The van der Waals surface area contributed by atoms with Crippen LogP contribution in [0.4, 0.5) is 0 Å². The summed E-state index contributed by atoms with van der Waals surface area (Å²) in [5, 5.41) is 0.593. The highest BCUT2D eigenvalue weighted by Gasteiger charge is 2.28. The van der Waals surface area contributed by atoms with Crippen molar-refractivity contribution >= 4 is 21.0 Å². The van der Waals surface area contributed by atoms with Gasteiger partial charge in [-0.3, -0.25) is 4.90 Å². The van der Waals surface area contributed by atoms with Gasteiger partial charge >= 0.3 is 5.63 Å². The number of hydrogen-bond acceptors (Lipinski definition) is 6. The van der Waals surface area contributed by atoms with Crippen LogP contribution in [0.5, 0.6) is 0 Å². The molecule has 26 heavy (non-hydrogen) atoms. The maximum atomic E-state index is 12.9. The van der Waals surface area contributed by atoms with Gasteiger partial charge in [0, 0.05) is 44.2 Å². The Morgan fingerprint density at radius 2 is 1.85 bits per heavy atom. The summed E-state index contributed by atoms with van der Waals surface area (Å²) in [6.07, 6.45) is 0.203. The van der Waals surface area contributed by atoms with Crippen molar-refractivity contribution in [3.05, 3.63) is 40.8 Å². The van der Waals surface area contributed by atoms with Gasteiger partial charge in [-0.05, 0) is 38.1 Å². The van der Waals surface area contributed by atoms with Gasteiger partial charge in [0.15, 0.2) is 0 Å². The number of piperazine rings is 1. The standard InChI is InChI=1S/C18H24N2O5S/c1-14(2)24-12-11-19-7-9-20(10-8-19)26(22,23)16-4-5-17-15(13-16)3-6-18(21)25-17/h3-6,13-14H,7-12H2,1-2H3. The lowest BCUT2D eigenvalue weighted by atomic mass is 10.2. The van der Waals surface area contributed by atoms with Crippen molar-refractivity contribution in [1.82, 2.24) is 9.21 Å². The maximum absolute atomic E-state index is 12.9. The van der Waals surface area contributed by atoms with Crippen LogP contribution in [0.2, 0.25) is 0 Å². The molecule has 7 nitrogen and oxygen atoms in total. The highest BCUT2D eigenvalue weighted by atomic mass is 32.2. The Kier molecular flexibility index (Phi) is 5.76. The molecule has 1 fully saturated rings. The molecule has 8 heteroatoms. The first kappa shape index (κ1) is 19.0. The van der Waals surface area contributed by atoms with E-state index in [1.54, 1.807) is 12.1 Å². The number of fused-ring (bicyclic) bond motifs is 1. The molecular formula is C18H24N2O5S. The molecule has 0 N–H and O–H groups in total. The van der Waals surface area contributed by atoms with E-state index in [1.807, 2.05) is 13.8 Å². The highest BCUT2D eigenvalue weighted by molar-refractivity contribution is 7.89. The fraction of sp³-hybridized carbons (Fsp3) is 0.500. The van der Waals surface area contributed by atoms with Gasteiger partial charge in [-0.2, -0.15) is 4.31 Å². The van der Waals surface area contributed by atoms with Crippen molar-refractivity contribution in [2.75, 3.05) is 39.3 Å². The molecule has 2 heterocycles. The van der Waals surface area contributed by atoms with Crippen LogP contribution in [0.15, 0.2) is 44.4 Å². The van der Waals surface area contributed by atoms with E-state index >= 15 is 0 Å². The number of sulfonamides is 1. The monoisotopic (exact) mass is 380 g/mol. The molecule has 0 unspecified atom stereocenters. The Bertz CT molecular complexity index is 915. The predicted octanol–water partition coefficient (Wildman–Crippen LogP) is 1.52. The van der Waals surface area contributed by atoms with Gasteiger partial charge in [-0.15, -0.1) is 0 Å². The largest absolute Gasteiger partial charge is 0.423 e. The first-order valence-electron chi connectivity index (χ1n) is 8.74. The minimum atomic E-state index is -3.57. The lowest BCUT2D eigenvalue weighted by Gasteiger charge is -2.34. The van der Waals surface area contributed by atoms with Crippen LogP contribution in [-0.4, -0.2) is 63.1 Å². The molecule has 0 aliphatic carbocycles. The lowest BCUT2D eigenvalue weighted by Crippen LogP contribution is -2.49. The van der Waals surface area contributed by atoms with Crippen molar-refractivity contribution in [1.29, 1.82) is 0 Å². The first-order valence-corrected chi connectivity index (χ1v) is 10.2. The van der Waals surface area contributed by atoms with Crippen LogP contribution < -0.4 is 5.63 Å². The number of rotatable bonds is 6. The van der Waals surface area contributed by atoms with Crippen molar-refractivity contribution in [2.45, 2.75) is 24.8 Å². The number of hydrogen-bond donors (Lipinski definition) is 0. The Balaban J connectivity index is 1.67. The summed E-state index contributed by atoms with van der Waals surface area (Å²) in [5.74, 6) is 0. The van der Waals surface area contributed by atoms with Crippen molar-refractivity contribution in [3.8, 4) is 0 Å². The molecule has 0 saturated carbocycles. The Hall–Kier alpha value is -1.74. The molecule has 0 amide bonds. The van der Waals surface area contributed by atoms with Crippen molar-refractivity contribution in [2.24, 2.45) is 0 Å². The smallest absolute Gasteiger partial charge is 0.336 e. The number of nitrogens with zero attached hydrogens (tertiary/aromatic N) is 2. The van der Waals surface area contributed by atoms with Crippen molar-refractivity contribution < 1.29 is 17.6 Å². The third-order valence-electron chi connectivity index (χ3n) is 4.42. The van der Waals surface area contributed by atoms with E-state index < -0.39 is 15.6 Å². The molecule has 0 bridgehead atoms. The van der Waals surface area contributed by atoms with Crippen LogP contribution in [0, 0.1) is 0 Å². The van der Waals surface area contributed by atoms with Gasteiger partial charge in [0.25, 0.3) is 0 Å². The second kappa shape index (κ2) is 7.87. The third kappa shape index (κ3) is 4.32. The average Bonchev–Trinajstić information content (AvgIpc) is 2.61. The molecule has 0 spiro atoms. The van der Waals surface area contributed by atoms with Crippen molar-refractivity contribution in [3.63, 3.8) is 0 Å². The molecular weight excluding hydrogens is 356 g/mol. The van der Waals surface area contributed by atoms with Gasteiger partial charge in [0.05, 0.1) is 17.6 Å². The summed E-state index contributed by atoms with van der Waals surface area (Å²) in [6, 6.07) is 7.44. The SMILES string of the molecule is CC(C)OCCN1CCN(S(=O)(=O)c2ccc3oc(=O)ccc3c2)CC1. The van der Waals surface area contributed by atoms with Crippen LogP contribution in [0.3, 0.4) is 0 Å². The normalized spacial score (nSPS) is 17.2. The van der Waals surface area contributed by atoms with Crippen LogP contribution in [0.25, 0.3) is 11.0 Å². The van der Waals surface area contributed by atoms with Crippen LogP contribution >= 0.6 is 0 Å². The maximum Gasteiger partial charge on any atom is 0.336 e. The fourth-order valence-corrected chi connectivity index (χ4v) is 4.43. The summed E-state index contributed by atoms with van der Waals surface area (Å²) in [4.78, 5) is 13.7. The number of ether oxygens (including phenoxy) is 1. The first-order chi connectivity index (χ1) is 12.4. The zero-order valence-corrected chi connectivity index (χ0v) is 15.9. The lowest BCUT2D eigenvalue weighted by molar-refractivity contribution is 0.0521. The summed E-state index contributed by atoms with van der Waals surface area (Å²) in [5.41, 5.74) is -0.0721. The van der Waals surface area contributed by atoms with Gasteiger partial charge < -0.3 is 9.15 Å². The Morgan fingerprint density at radius 3 is 2.54 bits per heavy atom. The van der Waals surface area contributed by atoms with E-state index in [9.17, 15) is 13.2 Å². The van der Waals surface area contributed by atoms with Crippen LogP contribution in [0.1, 0.15) is 13.8 Å². The molecule has 1 saturated heterocycles. The minimum absolute atomic E-state index is 0.203. The van der Waals surface area contributed by atoms with Gasteiger partial charge in [-0.25, -0.2) is 13.2 Å². The fourth-order valence-electron chi connectivity index (χ4n) is 2.97. The molecule has 1 aromatic heterocycles.